The second-order valence-electron chi connectivity index (χ2n) is 4.55. The van der Waals surface area contributed by atoms with Crippen LogP contribution in [0, 0.1) is 0 Å². The van der Waals surface area contributed by atoms with Gasteiger partial charge in [-0.15, -0.1) is 0 Å². The molecular weight excluding hydrogens is 318 g/mol. The Morgan fingerprint density at radius 2 is 1.75 bits per heavy atom. The number of nitrogens with one attached hydrogen (secondary N) is 1. The fraction of sp³-hybridized carbons (Fsp3) is 0.250. The zero-order valence-electron chi connectivity index (χ0n) is 11.3. The molecule has 0 aliphatic rings. The van der Waals surface area contributed by atoms with E-state index in [-0.39, 0.29) is 0 Å². The van der Waals surface area contributed by atoms with Crippen molar-refractivity contribution in [1.82, 2.24) is 5.32 Å². The predicted molar refractivity (Wildman–Crippen MR) is 83.8 cm³/mol. The minimum Gasteiger partial charge on any atom is -0.497 e. The van der Waals surface area contributed by atoms with Gasteiger partial charge >= 0.3 is 0 Å². The molecule has 1 unspecified atom stereocenters. The van der Waals surface area contributed by atoms with Gasteiger partial charge in [0.2, 0.25) is 0 Å². The number of hydrogen-bond acceptors (Lipinski definition) is 3. The Balaban J connectivity index is 1.82. The van der Waals surface area contributed by atoms with Crippen LogP contribution in [-0.4, -0.2) is 18.8 Å². The molecule has 2 aromatic rings. The van der Waals surface area contributed by atoms with Gasteiger partial charge in [-0.2, -0.15) is 0 Å². The minimum atomic E-state index is -0.517. The number of rotatable bonds is 6. The average molecular weight is 336 g/mol. The van der Waals surface area contributed by atoms with Crippen LogP contribution in [-0.2, 0) is 6.54 Å². The number of benzene rings is 2. The van der Waals surface area contributed by atoms with Crippen LogP contribution in [0.4, 0.5) is 0 Å². The molecule has 3 nitrogen and oxygen atoms in total. The molecule has 0 aliphatic heterocycles. The first kappa shape index (κ1) is 15.0. The highest BCUT2D eigenvalue weighted by Crippen LogP contribution is 2.17. The van der Waals surface area contributed by atoms with Gasteiger partial charge in [0.05, 0.1) is 13.2 Å². The quantitative estimate of drug-likeness (QED) is 0.851. The van der Waals surface area contributed by atoms with Crippen molar-refractivity contribution in [3.05, 3.63) is 64.1 Å². The third-order valence-corrected chi connectivity index (χ3v) is 3.61. The third-order valence-electron chi connectivity index (χ3n) is 3.08. The summed E-state index contributed by atoms with van der Waals surface area (Å²) in [5, 5.41) is 13.3. The SMILES string of the molecule is COc1ccc(C(O)CNCc2ccc(Br)cc2)cc1. The van der Waals surface area contributed by atoms with Crippen molar-refractivity contribution >= 4 is 15.9 Å². The lowest BCUT2D eigenvalue weighted by molar-refractivity contribution is 0.174. The summed E-state index contributed by atoms with van der Waals surface area (Å²) in [6, 6.07) is 15.6. The molecule has 0 amide bonds. The average Bonchev–Trinajstić information content (AvgIpc) is 2.49. The molecule has 106 valence electrons. The maximum atomic E-state index is 10.1. The molecule has 0 aromatic heterocycles. The summed E-state index contributed by atoms with van der Waals surface area (Å²) in [5.41, 5.74) is 2.07. The molecule has 2 N–H and O–H groups in total. The molecule has 20 heavy (non-hydrogen) atoms. The Bertz CT molecular complexity index is 525. The molecular formula is C16H18BrNO2. The first-order chi connectivity index (χ1) is 9.69. The lowest BCUT2D eigenvalue weighted by atomic mass is 10.1. The molecule has 0 bridgehead atoms. The molecule has 0 saturated carbocycles. The zero-order chi connectivity index (χ0) is 14.4. The summed E-state index contributed by atoms with van der Waals surface area (Å²) < 4.78 is 6.17. The van der Waals surface area contributed by atoms with Crippen LogP contribution in [0.5, 0.6) is 5.75 Å². The molecule has 0 aliphatic carbocycles. The molecule has 0 radical (unpaired) electrons. The maximum absolute atomic E-state index is 10.1. The van der Waals surface area contributed by atoms with E-state index in [1.54, 1.807) is 7.11 Å². The Kier molecular flexibility index (Phi) is 5.59. The van der Waals surface area contributed by atoms with Gasteiger partial charge in [0.25, 0.3) is 0 Å². The molecule has 0 fully saturated rings. The van der Waals surface area contributed by atoms with E-state index in [1.165, 1.54) is 5.56 Å². The topological polar surface area (TPSA) is 41.5 Å². The second-order valence-corrected chi connectivity index (χ2v) is 5.46. The van der Waals surface area contributed by atoms with E-state index in [0.717, 1.165) is 22.3 Å². The van der Waals surface area contributed by atoms with Crippen molar-refractivity contribution in [3.63, 3.8) is 0 Å². The number of hydrogen-bond donors (Lipinski definition) is 2. The Labute approximate surface area is 127 Å². The molecule has 4 heteroatoms. The fourth-order valence-electron chi connectivity index (χ4n) is 1.90. The lowest BCUT2D eigenvalue weighted by Crippen LogP contribution is -2.21. The highest BCUT2D eigenvalue weighted by molar-refractivity contribution is 9.10. The smallest absolute Gasteiger partial charge is 0.118 e. The Morgan fingerprint density at radius 3 is 2.35 bits per heavy atom. The van der Waals surface area contributed by atoms with Crippen molar-refractivity contribution < 1.29 is 9.84 Å². The third kappa shape index (κ3) is 4.34. The van der Waals surface area contributed by atoms with Gasteiger partial charge in [-0.25, -0.2) is 0 Å². The van der Waals surface area contributed by atoms with Gasteiger partial charge < -0.3 is 15.2 Å². The minimum absolute atomic E-state index is 0.516. The van der Waals surface area contributed by atoms with Crippen LogP contribution in [0.2, 0.25) is 0 Å². The first-order valence-corrected chi connectivity index (χ1v) is 7.25. The van der Waals surface area contributed by atoms with Gasteiger partial charge in [0.1, 0.15) is 5.75 Å². The first-order valence-electron chi connectivity index (χ1n) is 6.46. The van der Waals surface area contributed by atoms with Crippen molar-refractivity contribution in [2.45, 2.75) is 12.6 Å². The van der Waals surface area contributed by atoms with E-state index >= 15 is 0 Å². The monoisotopic (exact) mass is 335 g/mol. The Hall–Kier alpha value is -1.36. The molecule has 0 spiro atoms. The number of ether oxygens (including phenoxy) is 1. The van der Waals surface area contributed by atoms with Crippen molar-refractivity contribution in [3.8, 4) is 5.75 Å². The zero-order valence-corrected chi connectivity index (χ0v) is 12.9. The predicted octanol–water partition coefficient (Wildman–Crippen LogP) is 3.28. The standard InChI is InChI=1S/C16H18BrNO2/c1-20-15-8-4-13(5-9-15)16(19)11-18-10-12-2-6-14(17)7-3-12/h2-9,16,18-19H,10-11H2,1H3. The van der Waals surface area contributed by atoms with Crippen molar-refractivity contribution in [2.24, 2.45) is 0 Å². The van der Waals surface area contributed by atoms with E-state index in [4.69, 9.17) is 4.74 Å². The van der Waals surface area contributed by atoms with Crippen LogP contribution in [0.1, 0.15) is 17.2 Å². The summed E-state index contributed by atoms with van der Waals surface area (Å²) in [5.74, 6) is 0.795. The summed E-state index contributed by atoms with van der Waals surface area (Å²) in [6.45, 7) is 1.25. The normalized spacial score (nSPS) is 12.2. The van der Waals surface area contributed by atoms with E-state index < -0.39 is 6.10 Å². The number of aliphatic hydroxyl groups is 1. The van der Waals surface area contributed by atoms with Gasteiger partial charge in [-0.05, 0) is 35.4 Å². The van der Waals surface area contributed by atoms with Gasteiger partial charge in [-0.3, -0.25) is 0 Å². The lowest BCUT2D eigenvalue weighted by Gasteiger charge is -2.13. The summed E-state index contributed by atoms with van der Waals surface area (Å²) in [6.07, 6.45) is -0.517. The molecule has 1 atom stereocenters. The molecule has 0 saturated heterocycles. The van der Waals surface area contributed by atoms with Gasteiger partial charge in [0.15, 0.2) is 0 Å². The van der Waals surface area contributed by atoms with Crippen LogP contribution < -0.4 is 10.1 Å². The van der Waals surface area contributed by atoms with Crippen LogP contribution in [0.25, 0.3) is 0 Å². The van der Waals surface area contributed by atoms with E-state index in [9.17, 15) is 5.11 Å². The van der Waals surface area contributed by atoms with Crippen molar-refractivity contribution in [1.29, 1.82) is 0 Å². The molecule has 0 heterocycles. The van der Waals surface area contributed by atoms with Crippen LogP contribution >= 0.6 is 15.9 Å². The number of halogens is 1. The van der Waals surface area contributed by atoms with E-state index in [2.05, 4.69) is 33.4 Å². The van der Waals surface area contributed by atoms with Crippen LogP contribution in [0.15, 0.2) is 53.0 Å². The highest BCUT2D eigenvalue weighted by atomic mass is 79.9. The van der Waals surface area contributed by atoms with Crippen molar-refractivity contribution in [2.75, 3.05) is 13.7 Å². The fourth-order valence-corrected chi connectivity index (χ4v) is 2.16. The van der Waals surface area contributed by atoms with Gasteiger partial charge in [0, 0.05) is 17.6 Å². The summed E-state index contributed by atoms with van der Waals surface area (Å²) in [4.78, 5) is 0. The van der Waals surface area contributed by atoms with Gasteiger partial charge in [-0.1, -0.05) is 40.2 Å². The number of methoxy groups -OCH3 is 1. The Morgan fingerprint density at radius 1 is 1.10 bits per heavy atom. The van der Waals surface area contributed by atoms with Crippen LogP contribution in [0.3, 0.4) is 0 Å². The largest absolute Gasteiger partial charge is 0.497 e. The van der Waals surface area contributed by atoms with E-state index in [0.29, 0.717) is 6.54 Å². The summed E-state index contributed by atoms with van der Waals surface area (Å²) >= 11 is 3.41. The van der Waals surface area contributed by atoms with E-state index in [1.807, 2.05) is 36.4 Å². The molecule has 2 aromatic carbocycles. The second kappa shape index (κ2) is 7.43. The molecule has 2 rings (SSSR count). The maximum Gasteiger partial charge on any atom is 0.118 e. The summed E-state index contributed by atoms with van der Waals surface area (Å²) in [7, 11) is 1.63. The highest BCUT2D eigenvalue weighted by Gasteiger charge is 2.07. The number of aliphatic hydroxyl groups excluding tert-OH is 1.